The Kier molecular flexibility index (Phi) is 5.96. The van der Waals surface area contributed by atoms with Crippen LogP contribution in [-0.2, 0) is 23.0 Å². The van der Waals surface area contributed by atoms with Crippen LogP contribution in [0.5, 0.6) is 0 Å². The number of hydrogen-bond donors (Lipinski definition) is 2. The number of rotatable bonds is 5. The molecule has 0 aliphatic carbocycles. The summed E-state index contributed by atoms with van der Waals surface area (Å²) < 4.78 is 67.9. The van der Waals surface area contributed by atoms with E-state index in [1.807, 2.05) is 0 Å². The van der Waals surface area contributed by atoms with Crippen LogP contribution in [0.4, 0.5) is 18.9 Å². The van der Waals surface area contributed by atoms with E-state index in [4.69, 9.17) is 0 Å². The number of hydrogen-bond acceptors (Lipinski definition) is 4. The summed E-state index contributed by atoms with van der Waals surface area (Å²) in [7, 11) is -4.49. The lowest BCUT2D eigenvalue weighted by Gasteiger charge is -2.20. The minimum atomic E-state index is -4.72. The van der Waals surface area contributed by atoms with Gasteiger partial charge in [-0.1, -0.05) is 0 Å². The van der Waals surface area contributed by atoms with Crippen LogP contribution in [0.3, 0.4) is 0 Å². The Bertz CT molecular complexity index is 1080. The van der Waals surface area contributed by atoms with E-state index in [0.29, 0.717) is 36.5 Å². The molecular weight excluding hydrogens is 421 g/mol. The van der Waals surface area contributed by atoms with Crippen molar-refractivity contribution in [3.63, 3.8) is 0 Å². The van der Waals surface area contributed by atoms with Crippen LogP contribution in [0.1, 0.15) is 47.2 Å². The molecule has 1 unspecified atom stereocenters. The Morgan fingerprint density at radius 3 is 2.60 bits per heavy atom. The Balaban J connectivity index is 2.04. The average Bonchev–Trinajstić information content (AvgIpc) is 2.93. The number of pyridine rings is 1. The zero-order chi connectivity index (χ0) is 22.3. The van der Waals surface area contributed by atoms with Crippen LogP contribution in [0.15, 0.2) is 23.2 Å². The third-order valence-corrected chi connectivity index (χ3v) is 6.80. The van der Waals surface area contributed by atoms with E-state index in [2.05, 4.69) is 10.3 Å². The number of halogens is 3. The van der Waals surface area contributed by atoms with Crippen LogP contribution in [0.25, 0.3) is 0 Å². The van der Waals surface area contributed by atoms with E-state index in [-0.39, 0.29) is 16.2 Å². The van der Waals surface area contributed by atoms with Gasteiger partial charge in [-0.25, -0.2) is 8.42 Å². The summed E-state index contributed by atoms with van der Waals surface area (Å²) in [5.74, 6) is -0.522. The molecule has 0 aromatic carbocycles. The molecule has 2 aromatic heterocycles. The largest absolute Gasteiger partial charge is 0.404 e. The first-order chi connectivity index (χ1) is 13.9. The molecule has 1 aliphatic heterocycles. The quantitative estimate of drug-likeness (QED) is 0.740. The van der Waals surface area contributed by atoms with Crippen molar-refractivity contribution in [2.45, 2.75) is 63.7 Å². The number of carbonyl (C=O) groups is 1. The molecule has 2 N–H and O–H groups in total. The van der Waals surface area contributed by atoms with Gasteiger partial charge in [-0.2, -0.15) is 17.9 Å². The molecule has 1 amide bonds. The molecule has 2 aromatic rings. The fourth-order valence-electron chi connectivity index (χ4n) is 3.66. The van der Waals surface area contributed by atoms with E-state index in [0.717, 1.165) is 13.3 Å². The van der Waals surface area contributed by atoms with Gasteiger partial charge < -0.3 is 9.88 Å². The van der Waals surface area contributed by atoms with Crippen molar-refractivity contribution in [3.8, 4) is 0 Å². The summed E-state index contributed by atoms with van der Waals surface area (Å²) in [5.41, 5.74) is 1.81. The first kappa shape index (κ1) is 22.3. The highest BCUT2D eigenvalue weighted by Gasteiger charge is 2.41. The molecule has 11 heteroatoms. The average molecular weight is 444 g/mol. The van der Waals surface area contributed by atoms with Gasteiger partial charge in [0.05, 0.1) is 0 Å². The van der Waals surface area contributed by atoms with Gasteiger partial charge in [-0.15, -0.1) is 0 Å². The summed E-state index contributed by atoms with van der Waals surface area (Å²) in [5, 5.41) is 2.72. The first-order valence-corrected chi connectivity index (χ1v) is 10.9. The van der Waals surface area contributed by atoms with Crippen molar-refractivity contribution >= 4 is 21.6 Å². The lowest BCUT2D eigenvalue weighted by molar-refractivity contribution is -0.147. The van der Waals surface area contributed by atoms with Crippen molar-refractivity contribution < 1.29 is 26.4 Å². The molecule has 30 heavy (non-hydrogen) atoms. The molecule has 164 valence electrons. The normalized spacial score (nSPS) is 15.5. The van der Waals surface area contributed by atoms with Crippen molar-refractivity contribution in [1.82, 2.24) is 14.3 Å². The third kappa shape index (κ3) is 4.36. The summed E-state index contributed by atoms with van der Waals surface area (Å²) in [6.45, 7) is 4.37. The molecule has 3 rings (SSSR count). The monoisotopic (exact) mass is 444 g/mol. The maximum atomic E-state index is 13.0. The molecule has 0 radical (unpaired) electrons. The molecule has 0 fully saturated rings. The van der Waals surface area contributed by atoms with E-state index in [9.17, 15) is 26.4 Å². The first-order valence-electron chi connectivity index (χ1n) is 9.47. The summed E-state index contributed by atoms with van der Waals surface area (Å²) in [4.78, 5) is 16.8. The van der Waals surface area contributed by atoms with Gasteiger partial charge in [-0.05, 0) is 52.2 Å². The molecule has 0 spiro atoms. The Hall–Kier alpha value is -2.40. The second kappa shape index (κ2) is 8.03. The van der Waals surface area contributed by atoms with Crippen molar-refractivity contribution in [3.05, 3.63) is 41.0 Å². The summed E-state index contributed by atoms with van der Waals surface area (Å²) >= 11 is 0. The maximum absolute atomic E-state index is 13.0. The van der Waals surface area contributed by atoms with Gasteiger partial charge in [0.15, 0.2) is 0 Å². The number of sulfonamides is 1. The number of nitrogens with one attached hydrogen (secondary N) is 2. The van der Waals surface area contributed by atoms with Crippen LogP contribution in [0, 0.1) is 13.8 Å². The van der Waals surface area contributed by atoms with Gasteiger partial charge in [0.1, 0.15) is 16.6 Å². The second-order valence-electron chi connectivity index (χ2n) is 7.38. The van der Waals surface area contributed by atoms with E-state index >= 15 is 0 Å². The number of carbonyl (C=O) groups excluding carboxylic acids is 1. The summed E-state index contributed by atoms with van der Waals surface area (Å²) in [6, 6.07) is 1.01. The minimum absolute atomic E-state index is 0.136. The van der Waals surface area contributed by atoms with Gasteiger partial charge in [0, 0.05) is 35.4 Å². The Morgan fingerprint density at radius 2 is 1.97 bits per heavy atom. The SMILES string of the molecule is Cc1cc(NC(=O)c2c(C)c(S(=O)(=O)NC(C)C(F)(F)F)c3n2CCCC3)ccn1. The predicted molar refractivity (Wildman–Crippen MR) is 105 cm³/mol. The fourth-order valence-corrected chi connectivity index (χ4v) is 5.40. The number of alkyl halides is 3. The van der Waals surface area contributed by atoms with E-state index < -0.39 is 28.1 Å². The zero-order valence-corrected chi connectivity index (χ0v) is 17.6. The van der Waals surface area contributed by atoms with Crippen molar-refractivity contribution in [1.29, 1.82) is 0 Å². The number of fused-ring (bicyclic) bond motifs is 1. The highest BCUT2D eigenvalue weighted by atomic mass is 32.2. The number of anilines is 1. The third-order valence-electron chi connectivity index (χ3n) is 5.06. The van der Waals surface area contributed by atoms with Gasteiger partial charge in [0.2, 0.25) is 10.0 Å². The molecule has 1 aliphatic rings. The fraction of sp³-hybridized carbons (Fsp3) is 0.474. The van der Waals surface area contributed by atoms with Gasteiger partial charge >= 0.3 is 6.18 Å². The minimum Gasteiger partial charge on any atom is -0.339 e. The Labute approximate surface area is 172 Å². The van der Waals surface area contributed by atoms with Crippen molar-refractivity contribution in [2.75, 3.05) is 5.32 Å². The number of aromatic nitrogens is 2. The number of nitrogens with zero attached hydrogens (tertiary/aromatic N) is 2. The smallest absolute Gasteiger partial charge is 0.339 e. The van der Waals surface area contributed by atoms with Crippen LogP contribution in [0.2, 0.25) is 0 Å². The standard InChI is InChI=1S/C19H23F3N4O3S/c1-11-10-14(7-8-23-11)24-18(27)16-12(2)17(15-6-4-5-9-26(15)16)30(28,29)25-13(3)19(20,21)22/h7-8,10,13,25H,4-6,9H2,1-3H3,(H,23,24,27). The number of amides is 1. The van der Waals surface area contributed by atoms with E-state index in [1.165, 1.54) is 13.1 Å². The molecule has 0 saturated carbocycles. The lowest BCUT2D eigenvalue weighted by Crippen LogP contribution is -2.43. The molecule has 3 heterocycles. The predicted octanol–water partition coefficient (Wildman–Crippen LogP) is 3.32. The van der Waals surface area contributed by atoms with Gasteiger partial charge in [0.25, 0.3) is 5.91 Å². The van der Waals surface area contributed by atoms with Gasteiger partial charge in [-0.3, -0.25) is 9.78 Å². The number of aryl methyl sites for hydroxylation is 1. The second-order valence-corrected chi connectivity index (χ2v) is 9.03. The van der Waals surface area contributed by atoms with Crippen LogP contribution >= 0.6 is 0 Å². The summed E-state index contributed by atoms with van der Waals surface area (Å²) in [6.07, 6.45) is -1.41. The van der Waals surface area contributed by atoms with Crippen molar-refractivity contribution in [2.24, 2.45) is 0 Å². The van der Waals surface area contributed by atoms with E-state index in [1.54, 1.807) is 28.3 Å². The highest BCUT2D eigenvalue weighted by Crippen LogP contribution is 2.33. The Morgan fingerprint density at radius 1 is 1.27 bits per heavy atom. The molecular formula is C19H23F3N4O3S. The molecule has 0 saturated heterocycles. The zero-order valence-electron chi connectivity index (χ0n) is 16.8. The van der Waals surface area contributed by atoms with Crippen LogP contribution in [-0.4, -0.2) is 36.1 Å². The highest BCUT2D eigenvalue weighted by molar-refractivity contribution is 7.89. The molecule has 0 bridgehead atoms. The maximum Gasteiger partial charge on any atom is 0.404 e. The molecule has 1 atom stereocenters. The lowest BCUT2D eigenvalue weighted by atomic mass is 10.1. The van der Waals surface area contributed by atoms with Crippen LogP contribution < -0.4 is 10.0 Å². The topological polar surface area (TPSA) is 93.1 Å². The molecule has 7 nitrogen and oxygen atoms in total.